The lowest BCUT2D eigenvalue weighted by atomic mass is 9.97. The Bertz CT molecular complexity index is 797. The second-order valence-corrected chi connectivity index (χ2v) is 4.25. The summed E-state index contributed by atoms with van der Waals surface area (Å²) in [4.78, 5) is 10.7. The van der Waals surface area contributed by atoms with Gasteiger partial charge in [0.05, 0.1) is 0 Å². The number of aliphatic carboxylic acids is 1. The van der Waals surface area contributed by atoms with Crippen molar-refractivity contribution in [3.05, 3.63) is 60.2 Å². The van der Waals surface area contributed by atoms with Gasteiger partial charge in [-0.2, -0.15) is 0 Å². The number of carbonyl (C=O) groups is 1. The summed E-state index contributed by atoms with van der Waals surface area (Å²) in [6.45, 7) is 0. The molecule has 0 aliphatic heterocycles. The smallest absolute Gasteiger partial charge is 0.382 e. The molecule has 1 N–H and O–H groups in total. The van der Waals surface area contributed by atoms with Crippen LogP contribution in [0.25, 0.3) is 21.5 Å². The van der Waals surface area contributed by atoms with E-state index in [9.17, 15) is 4.79 Å². The highest BCUT2D eigenvalue weighted by Gasteiger charge is 2.05. The minimum atomic E-state index is -1.11. The number of carboxylic acids is 1. The number of rotatable bonds is 0. The van der Waals surface area contributed by atoms with Gasteiger partial charge in [0, 0.05) is 11.5 Å². The van der Waals surface area contributed by atoms with Crippen molar-refractivity contribution in [2.75, 3.05) is 0 Å². The van der Waals surface area contributed by atoms with Crippen molar-refractivity contribution in [1.29, 1.82) is 0 Å². The molecule has 0 aliphatic rings. The van der Waals surface area contributed by atoms with E-state index in [4.69, 9.17) is 5.11 Å². The number of carboxylic acid groups (broad SMARTS) is 1. The zero-order chi connectivity index (χ0) is 13.2. The van der Waals surface area contributed by atoms with Gasteiger partial charge in [0.2, 0.25) is 0 Å². The molecule has 0 unspecified atom stereocenters. The minimum absolute atomic E-state index is 0.774. The van der Waals surface area contributed by atoms with Gasteiger partial charge in [0.15, 0.2) is 0 Å². The van der Waals surface area contributed by atoms with Crippen molar-refractivity contribution >= 4 is 27.5 Å². The molecule has 19 heavy (non-hydrogen) atoms. The van der Waals surface area contributed by atoms with Crippen LogP contribution in [0.5, 0.6) is 0 Å². The van der Waals surface area contributed by atoms with Gasteiger partial charge in [0.25, 0.3) is 0 Å². The summed E-state index contributed by atoms with van der Waals surface area (Å²) < 4.78 is 0. The van der Waals surface area contributed by atoms with E-state index in [1.165, 1.54) is 0 Å². The second kappa shape index (κ2) is 4.47. The molecule has 0 aromatic heterocycles. The zero-order valence-corrected chi connectivity index (χ0v) is 10.1. The number of fused-ring (bicyclic) bond motifs is 2. The second-order valence-electron chi connectivity index (χ2n) is 4.25. The normalized spacial score (nSPS) is 10.1. The van der Waals surface area contributed by atoms with E-state index in [1.807, 2.05) is 48.5 Å². The summed E-state index contributed by atoms with van der Waals surface area (Å²) in [5.74, 6) is 3.88. The summed E-state index contributed by atoms with van der Waals surface area (Å²) in [5.41, 5.74) is 0.774. The van der Waals surface area contributed by atoms with E-state index < -0.39 is 5.97 Å². The van der Waals surface area contributed by atoms with E-state index in [0.717, 1.165) is 27.1 Å². The van der Waals surface area contributed by atoms with Crippen LogP contribution in [-0.2, 0) is 4.79 Å². The van der Waals surface area contributed by atoms with Crippen LogP contribution < -0.4 is 0 Å². The molecule has 2 heteroatoms. The molecule has 0 bridgehead atoms. The van der Waals surface area contributed by atoms with Gasteiger partial charge in [-0.1, -0.05) is 54.5 Å². The van der Waals surface area contributed by atoms with E-state index in [0.29, 0.717) is 0 Å². The monoisotopic (exact) mass is 246 g/mol. The van der Waals surface area contributed by atoms with Crippen LogP contribution >= 0.6 is 0 Å². The topological polar surface area (TPSA) is 37.3 Å². The molecule has 0 aliphatic carbocycles. The third kappa shape index (κ3) is 2.02. The zero-order valence-electron chi connectivity index (χ0n) is 10.1. The van der Waals surface area contributed by atoms with Gasteiger partial charge in [-0.05, 0) is 27.6 Å². The average molecular weight is 246 g/mol. The molecule has 0 spiro atoms. The van der Waals surface area contributed by atoms with E-state index in [2.05, 4.69) is 17.9 Å². The van der Waals surface area contributed by atoms with Crippen LogP contribution in [0.1, 0.15) is 5.56 Å². The Morgan fingerprint density at radius 3 is 1.95 bits per heavy atom. The first-order valence-electron chi connectivity index (χ1n) is 5.91. The molecule has 3 rings (SSSR count). The van der Waals surface area contributed by atoms with E-state index in [-0.39, 0.29) is 0 Å². The van der Waals surface area contributed by atoms with Gasteiger partial charge < -0.3 is 5.11 Å². The molecule has 0 fully saturated rings. The van der Waals surface area contributed by atoms with Crippen LogP contribution in [-0.4, -0.2) is 11.1 Å². The quantitative estimate of drug-likeness (QED) is 0.487. The van der Waals surface area contributed by atoms with Crippen molar-refractivity contribution in [2.24, 2.45) is 0 Å². The van der Waals surface area contributed by atoms with E-state index >= 15 is 0 Å². The Morgan fingerprint density at radius 1 is 0.895 bits per heavy atom. The minimum Gasteiger partial charge on any atom is -0.472 e. The Hall–Kier alpha value is -2.79. The lowest BCUT2D eigenvalue weighted by molar-refractivity contribution is -0.130. The van der Waals surface area contributed by atoms with Gasteiger partial charge in [-0.15, -0.1) is 0 Å². The van der Waals surface area contributed by atoms with Gasteiger partial charge >= 0.3 is 5.97 Å². The van der Waals surface area contributed by atoms with Crippen molar-refractivity contribution < 1.29 is 9.90 Å². The highest BCUT2D eigenvalue weighted by Crippen LogP contribution is 2.27. The molecule has 2 nitrogen and oxygen atoms in total. The summed E-state index contributed by atoms with van der Waals surface area (Å²) in [7, 11) is 0. The van der Waals surface area contributed by atoms with Crippen LogP contribution in [0.15, 0.2) is 54.6 Å². The Kier molecular flexibility index (Phi) is 2.66. The summed E-state index contributed by atoms with van der Waals surface area (Å²) in [6.07, 6.45) is 0. The fourth-order valence-corrected chi connectivity index (χ4v) is 2.26. The third-order valence-corrected chi connectivity index (χ3v) is 3.07. The maximum absolute atomic E-state index is 10.7. The Labute approximate surface area is 110 Å². The first kappa shape index (κ1) is 11.3. The van der Waals surface area contributed by atoms with Crippen LogP contribution in [0.4, 0.5) is 0 Å². The Balaban J connectivity index is 2.47. The number of hydrogen-bond acceptors (Lipinski definition) is 1. The van der Waals surface area contributed by atoms with Crippen molar-refractivity contribution in [3.8, 4) is 11.8 Å². The fraction of sp³-hybridized carbons (Fsp3) is 0. The molecule has 0 amide bonds. The molecule has 90 valence electrons. The molecule has 0 radical (unpaired) electrons. The molecule has 3 aromatic carbocycles. The lowest BCUT2D eigenvalue weighted by Crippen LogP contribution is -1.89. The largest absolute Gasteiger partial charge is 0.472 e. The average Bonchev–Trinajstić information content (AvgIpc) is 2.43. The number of hydrogen-bond donors (Lipinski definition) is 1. The van der Waals surface area contributed by atoms with Crippen LogP contribution in [0.3, 0.4) is 0 Å². The molecule has 0 heterocycles. The molecule has 3 aromatic rings. The van der Waals surface area contributed by atoms with Gasteiger partial charge in [-0.3, -0.25) is 0 Å². The van der Waals surface area contributed by atoms with Crippen molar-refractivity contribution in [1.82, 2.24) is 0 Å². The third-order valence-electron chi connectivity index (χ3n) is 3.07. The Morgan fingerprint density at radius 2 is 1.42 bits per heavy atom. The predicted octanol–water partition coefficient (Wildman–Crippen LogP) is 3.43. The molecular weight excluding hydrogens is 236 g/mol. The summed E-state index contributed by atoms with van der Waals surface area (Å²) in [6, 6.07) is 17.8. The molecule has 0 atom stereocenters. The highest BCUT2D eigenvalue weighted by molar-refractivity contribution is 6.05. The summed E-state index contributed by atoms with van der Waals surface area (Å²) >= 11 is 0. The van der Waals surface area contributed by atoms with Gasteiger partial charge in [-0.25, -0.2) is 4.79 Å². The molecular formula is C17H10O2. The standard InChI is InChI=1S/C17H10O2/c18-17(19)10-9-16-14-7-3-1-5-12(14)11-13-6-2-4-8-15(13)16/h1-8,11H,(H,18,19). The highest BCUT2D eigenvalue weighted by atomic mass is 16.4. The van der Waals surface area contributed by atoms with E-state index in [1.54, 1.807) is 0 Å². The first-order chi connectivity index (χ1) is 9.25. The molecule has 0 saturated heterocycles. The predicted molar refractivity (Wildman–Crippen MR) is 76.0 cm³/mol. The molecule has 0 saturated carbocycles. The van der Waals surface area contributed by atoms with Gasteiger partial charge in [0.1, 0.15) is 0 Å². The van der Waals surface area contributed by atoms with Crippen LogP contribution in [0, 0.1) is 11.8 Å². The maximum atomic E-state index is 10.7. The maximum Gasteiger partial charge on any atom is 0.382 e. The van der Waals surface area contributed by atoms with Crippen molar-refractivity contribution in [2.45, 2.75) is 0 Å². The SMILES string of the molecule is O=C(O)C#Cc1c2ccccc2cc2ccccc12. The summed E-state index contributed by atoms with van der Waals surface area (Å²) in [5, 5.41) is 12.8. The van der Waals surface area contributed by atoms with Crippen LogP contribution in [0.2, 0.25) is 0 Å². The lowest BCUT2D eigenvalue weighted by Gasteiger charge is -2.06. The first-order valence-corrected chi connectivity index (χ1v) is 5.91. The number of benzene rings is 3. The van der Waals surface area contributed by atoms with Crippen molar-refractivity contribution in [3.63, 3.8) is 0 Å². The fourth-order valence-electron chi connectivity index (χ4n) is 2.26.